The molecule has 164 valence electrons. The lowest BCUT2D eigenvalue weighted by atomic mass is 9.95. The lowest BCUT2D eigenvalue weighted by Gasteiger charge is -2.37. The van der Waals surface area contributed by atoms with Gasteiger partial charge in [-0.25, -0.2) is 4.98 Å². The van der Waals surface area contributed by atoms with Crippen molar-refractivity contribution < 1.29 is 9.57 Å². The van der Waals surface area contributed by atoms with Gasteiger partial charge in [0.1, 0.15) is 5.75 Å². The Morgan fingerprint density at radius 3 is 2.66 bits per heavy atom. The van der Waals surface area contributed by atoms with Crippen molar-refractivity contribution in [1.29, 1.82) is 0 Å². The number of imidazole rings is 1. The molecule has 2 aliphatic heterocycles. The van der Waals surface area contributed by atoms with Gasteiger partial charge in [0.25, 0.3) is 0 Å². The molecule has 2 aromatic carbocycles. The molecular formula is C26H28N4O2. The molecule has 0 radical (unpaired) electrons. The predicted octanol–water partition coefficient (Wildman–Crippen LogP) is 5.19. The summed E-state index contributed by atoms with van der Waals surface area (Å²) in [5.74, 6) is 1.73. The summed E-state index contributed by atoms with van der Waals surface area (Å²) in [7, 11) is 1.70. The van der Waals surface area contributed by atoms with Gasteiger partial charge in [-0.3, -0.25) is 0 Å². The van der Waals surface area contributed by atoms with E-state index in [1.807, 2.05) is 17.7 Å². The summed E-state index contributed by atoms with van der Waals surface area (Å²) >= 11 is 0. The summed E-state index contributed by atoms with van der Waals surface area (Å²) in [6.07, 6.45) is 8.01. The summed E-state index contributed by atoms with van der Waals surface area (Å²) in [5, 5.41) is 4.53. The van der Waals surface area contributed by atoms with E-state index in [0.717, 1.165) is 53.5 Å². The third-order valence-electron chi connectivity index (χ3n) is 6.32. The second-order valence-electron chi connectivity index (χ2n) is 8.63. The van der Waals surface area contributed by atoms with Crippen molar-refractivity contribution >= 4 is 11.9 Å². The van der Waals surface area contributed by atoms with Crippen molar-refractivity contribution in [2.45, 2.75) is 39.3 Å². The number of fused-ring (bicyclic) bond motifs is 1. The van der Waals surface area contributed by atoms with Crippen LogP contribution >= 0.6 is 0 Å². The average molecular weight is 429 g/mol. The van der Waals surface area contributed by atoms with E-state index in [2.05, 4.69) is 77.4 Å². The number of benzene rings is 2. The highest BCUT2D eigenvalue weighted by Gasteiger charge is 2.45. The van der Waals surface area contributed by atoms with E-state index < -0.39 is 5.72 Å². The minimum Gasteiger partial charge on any atom is -0.495 e. The molecule has 0 N–H and O–H groups in total. The van der Waals surface area contributed by atoms with E-state index >= 15 is 0 Å². The number of nitrogens with zero attached hydrogens (tertiary/aromatic N) is 4. The van der Waals surface area contributed by atoms with Gasteiger partial charge in [0.05, 0.1) is 24.8 Å². The molecule has 1 aromatic heterocycles. The number of rotatable bonds is 4. The molecule has 6 heteroatoms. The Balaban J connectivity index is 1.45. The normalized spacial score (nSPS) is 21.3. The van der Waals surface area contributed by atoms with Gasteiger partial charge >= 0.3 is 0 Å². The molecule has 0 aliphatic carbocycles. The number of aromatic nitrogens is 2. The van der Waals surface area contributed by atoms with Crippen molar-refractivity contribution in [1.82, 2.24) is 14.5 Å². The molecule has 5 rings (SSSR count). The summed E-state index contributed by atoms with van der Waals surface area (Å²) in [4.78, 5) is 12.7. The highest BCUT2D eigenvalue weighted by atomic mass is 16.7. The minimum absolute atomic E-state index is 0.580. The third-order valence-corrected chi connectivity index (χ3v) is 6.32. The molecule has 2 aliphatic rings. The maximum Gasteiger partial charge on any atom is 0.234 e. The fourth-order valence-corrected chi connectivity index (χ4v) is 4.48. The van der Waals surface area contributed by atoms with Gasteiger partial charge in [-0.05, 0) is 56.0 Å². The van der Waals surface area contributed by atoms with Crippen molar-refractivity contribution in [3.8, 4) is 11.4 Å². The largest absolute Gasteiger partial charge is 0.495 e. The zero-order valence-electron chi connectivity index (χ0n) is 19.0. The second kappa shape index (κ2) is 7.86. The smallest absolute Gasteiger partial charge is 0.234 e. The van der Waals surface area contributed by atoms with E-state index in [1.165, 1.54) is 11.1 Å². The van der Waals surface area contributed by atoms with Gasteiger partial charge < -0.3 is 19.0 Å². The molecular weight excluding hydrogens is 400 g/mol. The van der Waals surface area contributed by atoms with Gasteiger partial charge in [-0.2, -0.15) is 0 Å². The Kier molecular flexibility index (Phi) is 5.00. The first-order valence-electron chi connectivity index (χ1n) is 11.0. The molecule has 0 bridgehead atoms. The highest BCUT2D eigenvalue weighted by molar-refractivity contribution is 6.03. The van der Waals surface area contributed by atoms with E-state index in [0.29, 0.717) is 0 Å². The van der Waals surface area contributed by atoms with Gasteiger partial charge in [-0.15, -0.1) is 0 Å². The molecule has 1 saturated heterocycles. The van der Waals surface area contributed by atoms with Crippen LogP contribution in [0.25, 0.3) is 11.8 Å². The van der Waals surface area contributed by atoms with Gasteiger partial charge in [0.2, 0.25) is 5.72 Å². The van der Waals surface area contributed by atoms with E-state index in [4.69, 9.17) is 9.57 Å². The number of piperidine rings is 1. The first-order valence-corrected chi connectivity index (χ1v) is 11.0. The Labute approximate surface area is 188 Å². The van der Waals surface area contributed by atoms with Crippen LogP contribution in [0.15, 0.2) is 65.7 Å². The quantitative estimate of drug-likeness (QED) is 0.574. The number of amidine groups is 1. The molecule has 1 atom stereocenters. The van der Waals surface area contributed by atoms with E-state index in [9.17, 15) is 0 Å². The van der Waals surface area contributed by atoms with Crippen molar-refractivity contribution in [2.24, 2.45) is 5.16 Å². The van der Waals surface area contributed by atoms with Crippen molar-refractivity contribution in [2.75, 3.05) is 13.7 Å². The Bertz CT molecular complexity index is 1210. The number of hydrogen-bond acceptors (Lipinski definition) is 5. The monoisotopic (exact) mass is 428 g/mol. The highest BCUT2D eigenvalue weighted by Crippen LogP contribution is 2.40. The van der Waals surface area contributed by atoms with Crippen LogP contribution in [-0.2, 0) is 10.6 Å². The Hall–Kier alpha value is -3.54. The fourth-order valence-electron chi connectivity index (χ4n) is 4.48. The number of aryl methyl sites for hydroxylation is 2. The summed E-state index contributed by atoms with van der Waals surface area (Å²) < 4.78 is 7.66. The van der Waals surface area contributed by atoms with Crippen LogP contribution in [0, 0.1) is 13.8 Å². The molecule has 3 heterocycles. The molecule has 0 saturated carbocycles. The molecule has 6 nitrogen and oxygen atoms in total. The first kappa shape index (κ1) is 20.4. The van der Waals surface area contributed by atoms with Crippen LogP contribution in [0.5, 0.6) is 5.75 Å². The van der Waals surface area contributed by atoms with Crippen LogP contribution < -0.4 is 4.74 Å². The average Bonchev–Trinajstić information content (AvgIpc) is 3.39. The number of methoxy groups -OCH3 is 1. The fraction of sp³-hybridized carbons (Fsp3) is 0.308. The standard InChI is InChI=1S/C26H28N4O2/c1-18-7-10-22(11-8-18)26(3)30-13-5-6-21(25(30)28-32-26)14-20-9-12-23(24(15-20)31-4)29-16-19(2)27-17-29/h7-12,14-17H,5-6,13H2,1-4H3/b21-14+. The number of oxime groups is 1. The summed E-state index contributed by atoms with van der Waals surface area (Å²) in [6.45, 7) is 7.09. The lowest BCUT2D eigenvalue weighted by molar-refractivity contribution is -0.0912. The van der Waals surface area contributed by atoms with E-state index in [-0.39, 0.29) is 0 Å². The zero-order chi connectivity index (χ0) is 22.3. The topological polar surface area (TPSA) is 51.9 Å². The number of ether oxygens (including phenoxy) is 1. The molecule has 1 unspecified atom stereocenters. The minimum atomic E-state index is -0.580. The Morgan fingerprint density at radius 2 is 1.94 bits per heavy atom. The molecule has 3 aromatic rings. The molecule has 0 spiro atoms. The third kappa shape index (κ3) is 3.45. The predicted molar refractivity (Wildman–Crippen MR) is 126 cm³/mol. The summed E-state index contributed by atoms with van der Waals surface area (Å²) in [6, 6.07) is 14.7. The Morgan fingerprint density at radius 1 is 1.12 bits per heavy atom. The van der Waals surface area contributed by atoms with Gasteiger partial charge in [0.15, 0.2) is 5.84 Å². The van der Waals surface area contributed by atoms with Crippen LogP contribution in [0.3, 0.4) is 0 Å². The maximum atomic E-state index is 6.04. The van der Waals surface area contributed by atoms with Crippen LogP contribution in [0.4, 0.5) is 0 Å². The molecule has 1 fully saturated rings. The number of hydrogen-bond donors (Lipinski definition) is 0. The second-order valence-corrected chi connectivity index (χ2v) is 8.63. The van der Waals surface area contributed by atoms with Crippen molar-refractivity contribution in [3.05, 3.63) is 82.9 Å². The van der Waals surface area contributed by atoms with Gasteiger partial charge in [-0.1, -0.05) is 41.1 Å². The zero-order valence-corrected chi connectivity index (χ0v) is 19.0. The SMILES string of the molecule is COc1cc(/C=C2\CCCN3C2=NOC3(C)c2ccc(C)cc2)ccc1-n1cnc(C)c1. The van der Waals surface area contributed by atoms with Gasteiger partial charge in [0, 0.05) is 25.2 Å². The molecule has 0 amide bonds. The van der Waals surface area contributed by atoms with Crippen LogP contribution in [0.1, 0.15) is 42.1 Å². The maximum absolute atomic E-state index is 6.04. The molecule has 32 heavy (non-hydrogen) atoms. The van der Waals surface area contributed by atoms with Crippen LogP contribution in [-0.4, -0.2) is 33.9 Å². The van der Waals surface area contributed by atoms with Crippen molar-refractivity contribution in [3.63, 3.8) is 0 Å². The van der Waals surface area contributed by atoms with Crippen LogP contribution in [0.2, 0.25) is 0 Å². The summed E-state index contributed by atoms with van der Waals surface area (Å²) in [5.41, 5.74) is 5.96. The van der Waals surface area contributed by atoms with E-state index in [1.54, 1.807) is 13.4 Å². The first-order chi connectivity index (χ1) is 15.5. The lowest BCUT2D eigenvalue weighted by Crippen LogP contribution is -2.46.